The second-order valence-electron chi connectivity index (χ2n) is 7.61. The first-order valence-corrected chi connectivity index (χ1v) is 10.7. The lowest BCUT2D eigenvalue weighted by molar-refractivity contribution is 0.226. The zero-order chi connectivity index (χ0) is 20.0. The Hall–Kier alpha value is -2.81. The minimum absolute atomic E-state index is 0.260. The third-order valence-electron chi connectivity index (χ3n) is 5.22. The van der Waals surface area contributed by atoms with Crippen molar-refractivity contribution in [1.29, 1.82) is 0 Å². The van der Waals surface area contributed by atoms with Crippen LogP contribution in [0.5, 0.6) is 5.75 Å². The van der Waals surface area contributed by atoms with Crippen LogP contribution in [0.25, 0.3) is 11.3 Å². The molecule has 150 valence electrons. The van der Waals surface area contributed by atoms with Crippen LogP contribution in [0.15, 0.2) is 18.3 Å². The summed E-state index contributed by atoms with van der Waals surface area (Å²) in [5, 5.41) is 9.94. The number of nitrogens with two attached hydrogens (primary N) is 1. The van der Waals surface area contributed by atoms with E-state index in [-0.39, 0.29) is 6.10 Å². The molecule has 1 aliphatic carbocycles. The van der Waals surface area contributed by atoms with Crippen molar-refractivity contribution in [2.75, 3.05) is 23.7 Å². The summed E-state index contributed by atoms with van der Waals surface area (Å²) in [7, 11) is 0. The highest BCUT2D eigenvalue weighted by Gasteiger charge is 2.29. The molecule has 1 saturated heterocycles. The molecule has 5 rings (SSSR count). The number of rotatable bonds is 6. The molecule has 9 heteroatoms. The lowest BCUT2D eigenvalue weighted by Crippen LogP contribution is -2.37. The predicted molar refractivity (Wildman–Crippen MR) is 112 cm³/mol. The van der Waals surface area contributed by atoms with Gasteiger partial charge in [0.2, 0.25) is 0 Å². The fourth-order valence-corrected chi connectivity index (χ4v) is 3.92. The van der Waals surface area contributed by atoms with Gasteiger partial charge in [0.25, 0.3) is 0 Å². The van der Waals surface area contributed by atoms with Crippen molar-refractivity contribution in [2.45, 2.75) is 45.1 Å². The Bertz CT molecular complexity index is 1050. The molecule has 0 bridgehead atoms. The highest BCUT2D eigenvalue weighted by molar-refractivity contribution is 7.11. The molecule has 2 N–H and O–H groups in total. The fourth-order valence-electron chi connectivity index (χ4n) is 3.24. The number of aromatic nitrogens is 5. The summed E-state index contributed by atoms with van der Waals surface area (Å²) in [5.74, 6) is 3.29. The molecule has 0 amide bonds. The molecule has 3 aromatic heterocycles. The molecule has 1 unspecified atom stereocenters. The van der Waals surface area contributed by atoms with Gasteiger partial charge in [0.05, 0.1) is 5.69 Å². The minimum Gasteiger partial charge on any atom is -0.480 e. The molecule has 0 spiro atoms. The van der Waals surface area contributed by atoms with Crippen molar-refractivity contribution in [3.63, 3.8) is 0 Å². The highest BCUT2D eigenvalue weighted by Crippen LogP contribution is 2.40. The van der Waals surface area contributed by atoms with E-state index in [1.54, 1.807) is 6.20 Å². The Kier molecular flexibility index (Phi) is 4.54. The van der Waals surface area contributed by atoms with Gasteiger partial charge >= 0.3 is 0 Å². The Balaban J connectivity index is 1.46. The number of nitrogen functional groups attached to an aromatic ring is 1. The van der Waals surface area contributed by atoms with E-state index in [9.17, 15) is 0 Å². The molecular weight excluding hydrogens is 386 g/mol. The van der Waals surface area contributed by atoms with Gasteiger partial charge in [-0.3, -0.25) is 0 Å². The van der Waals surface area contributed by atoms with E-state index in [0.717, 1.165) is 58.8 Å². The fraction of sp³-hybridized carbons (Fsp3) is 0.450. The molecule has 1 saturated carbocycles. The maximum atomic E-state index is 6.09. The number of aryl methyl sites for hydroxylation is 1. The van der Waals surface area contributed by atoms with E-state index in [2.05, 4.69) is 20.1 Å². The number of pyridine rings is 1. The SMILES string of the molecule is Cc1nnc(C(C)Oc2cc(-c3cc(N4CCC4)nc(C4CC4)n3)cnc2N)s1. The molecule has 3 aromatic rings. The van der Waals surface area contributed by atoms with Crippen molar-refractivity contribution in [1.82, 2.24) is 25.1 Å². The Morgan fingerprint density at radius 2 is 2.03 bits per heavy atom. The molecule has 2 aliphatic rings. The average Bonchev–Trinajstić information content (AvgIpc) is 3.43. The Morgan fingerprint density at radius 3 is 2.69 bits per heavy atom. The summed E-state index contributed by atoms with van der Waals surface area (Å²) < 4.78 is 6.07. The molecule has 29 heavy (non-hydrogen) atoms. The zero-order valence-corrected chi connectivity index (χ0v) is 17.3. The lowest BCUT2D eigenvalue weighted by Gasteiger charge is -2.32. The van der Waals surface area contributed by atoms with Crippen LogP contribution in [0.4, 0.5) is 11.6 Å². The monoisotopic (exact) mass is 409 g/mol. The van der Waals surface area contributed by atoms with Gasteiger partial charge in [-0.2, -0.15) is 0 Å². The van der Waals surface area contributed by atoms with Crippen LogP contribution < -0.4 is 15.4 Å². The van der Waals surface area contributed by atoms with Crippen LogP contribution in [0, 0.1) is 6.92 Å². The highest BCUT2D eigenvalue weighted by atomic mass is 32.1. The maximum absolute atomic E-state index is 6.09. The largest absolute Gasteiger partial charge is 0.480 e. The third-order valence-corrected chi connectivity index (χ3v) is 6.22. The quantitative estimate of drug-likeness (QED) is 0.660. The number of hydrogen-bond donors (Lipinski definition) is 1. The summed E-state index contributed by atoms with van der Waals surface area (Å²) in [6, 6.07) is 3.95. The van der Waals surface area contributed by atoms with Crippen LogP contribution in [0.3, 0.4) is 0 Å². The summed E-state index contributed by atoms with van der Waals surface area (Å²) in [6.07, 6.45) is 5.03. The van der Waals surface area contributed by atoms with Gasteiger partial charge in [-0.05, 0) is 39.2 Å². The van der Waals surface area contributed by atoms with Gasteiger partial charge in [0.15, 0.2) is 16.6 Å². The third kappa shape index (κ3) is 3.74. The molecule has 2 fully saturated rings. The second-order valence-corrected chi connectivity index (χ2v) is 8.82. The second kappa shape index (κ2) is 7.22. The van der Waals surface area contributed by atoms with Crippen molar-refractivity contribution < 1.29 is 4.74 Å². The number of anilines is 2. The van der Waals surface area contributed by atoms with E-state index < -0.39 is 0 Å². The standard InChI is InChI=1S/C20H23N7OS/c1-11(20-26-25-12(2)29-20)28-16-8-14(10-22-18(16)21)15-9-17(27-6-3-7-27)24-19(23-15)13-4-5-13/h8-11,13H,3-7H2,1-2H3,(H2,21,22). The van der Waals surface area contributed by atoms with E-state index in [0.29, 0.717) is 17.5 Å². The minimum atomic E-state index is -0.260. The number of ether oxygens (including phenoxy) is 1. The Labute approximate surface area is 173 Å². The van der Waals surface area contributed by atoms with E-state index >= 15 is 0 Å². The molecule has 1 atom stereocenters. The summed E-state index contributed by atoms with van der Waals surface area (Å²) in [6.45, 7) is 5.96. The molecule has 8 nitrogen and oxygen atoms in total. The molecular formula is C20H23N7OS. The van der Waals surface area contributed by atoms with Crippen molar-refractivity contribution >= 4 is 23.0 Å². The average molecular weight is 410 g/mol. The maximum Gasteiger partial charge on any atom is 0.166 e. The molecule has 1 aliphatic heterocycles. The van der Waals surface area contributed by atoms with Crippen molar-refractivity contribution in [3.05, 3.63) is 34.2 Å². The molecule has 4 heterocycles. The molecule has 0 radical (unpaired) electrons. The number of hydrogen-bond acceptors (Lipinski definition) is 9. The first kappa shape index (κ1) is 18.2. The number of nitrogens with zero attached hydrogens (tertiary/aromatic N) is 6. The van der Waals surface area contributed by atoms with Crippen LogP contribution in [-0.2, 0) is 0 Å². The van der Waals surface area contributed by atoms with Crippen LogP contribution in [-0.4, -0.2) is 38.2 Å². The predicted octanol–water partition coefficient (Wildman–Crippen LogP) is 3.51. The summed E-state index contributed by atoms with van der Waals surface area (Å²) in [4.78, 5) is 16.3. The Morgan fingerprint density at radius 1 is 1.21 bits per heavy atom. The first-order valence-electron chi connectivity index (χ1n) is 9.93. The summed E-state index contributed by atoms with van der Waals surface area (Å²) in [5.41, 5.74) is 7.82. The van der Waals surface area contributed by atoms with Crippen LogP contribution in [0.2, 0.25) is 0 Å². The van der Waals surface area contributed by atoms with Crippen LogP contribution >= 0.6 is 11.3 Å². The van der Waals surface area contributed by atoms with Gasteiger partial charge in [-0.25, -0.2) is 15.0 Å². The van der Waals surface area contributed by atoms with Crippen molar-refractivity contribution in [3.8, 4) is 17.0 Å². The van der Waals surface area contributed by atoms with Gasteiger partial charge in [0.1, 0.15) is 22.8 Å². The van der Waals surface area contributed by atoms with E-state index in [1.165, 1.54) is 17.8 Å². The van der Waals surface area contributed by atoms with E-state index in [1.807, 2.05) is 26.0 Å². The van der Waals surface area contributed by atoms with E-state index in [4.69, 9.17) is 20.4 Å². The molecule has 0 aromatic carbocycles. The summed E-state index contributed by atoms with van der Waals surface area (Å²) >= 11 is 1.51. The first-order chi connectivity index (χ1) is 14.1. The van der Waals surface area contributed by atoms with Gasteiger partial charge in [-0.1, -0.05) is 11.3 Å². The van der Waals surface area contributed by atoms with Crippen LogP contribution in [0.1, 0.15) is 54.0 Å². The van der Waals surface area contributed by atoms with Gasteiger partial charge in [0, 0.05) is 36.8 Å². The zero-order valence-electron chi connectivity index (χ0n) is 16.5. The van der Waals surface area contributed by atoms with Gasteiger partial charge in [-0.15, -0.1) is 10.2 Å². The van der Waals surface area contributed by atoms with Crippen molar-refractivity contribution in [2.24, 2.45) is 0 Å². The topological polar surface area (TPSA) is 103 Å². The smallest absolute Gasteiger partial charge is 0.166 e. The lowest BCUT2D eigenvalue weighted by atomic mass is 10.1. The normalized spacial score (nSPS) is 17.1. The van der Waals surface area contributed by atoms with Gasteiger partial charge < -0.3 is 15.4 Å².